The molecule has 2 aromatic carbocycles. The largest absolute Gasteiger partial charge is 0.340 e. The summed E-state index contributed by atoms with van der Waals surface area (Å²) in [6.45, 7) is 3.29. The van der Waals surface area contributed by atoms with E-state index in [1.165, 1.54) is 16.9 Å². The van der Waals surface area contributed by atoms with Crippen LogP contribution < -0.4 is 5.32 Å². The van der Waals surface area contributed by atoms with E-state index in [4.69, 9.17) is 0 Å². The molecule has 5 rings (SSSR count). The second kappa shape index (κ2) is 10.2. The molecule has 0 atom stereocenters. The van der Waals surface area contributed by atoms with Crippen molar-refractivity contribution in [1.29, 1.82) is 0 Å². The standard InChI is InChI=1S/C29H27N3O2S/c1-20-4-6-21(7-5-20)24-12-15-30-27(19-24)31-25-10-8-23(9-11-25)29(34)32-16-13-22(14-17-32)28(33)26-3-2-18-35-26/h2-12,15,18-19,22H,13-14,16-17H2,1H3,(H,30,31). The molecule has 0 radical (unpaired) electrons. The highest BCUT2D eigenvalue weighted by Crippen LogP contribution is 2.26. The lowest BCUT2D eigenvalue weighted by Crippen LogP contribution is -2.40. The molecule has 0 spiro atoms. The molecular formula is C29H27N3O2S. The van der Waals surface area contributed by atoms with E-state index in [-0.39, 0.29) is 17.6 Å². The molecule has 1 amide bonds. The zero-order valence-electron chi connectivity index (χ0n) is 19.6. The minimum absolute atomic E-state index is 0.00690. The number of thiophene rings is 1. The maximum absolute atomic E-state index is 13.0. The second-order valence-corrected chi connectivity index (χ2v) is 9.85. The number of anilines is 2. The van der Waals surface area contributed by atoms with E-state index >= 15 is 0 Å². The molecule has 35 heavy (non-hydrogen) atoms. The maximum Gasteiger partial charge on any atom is 0.253 e. The smallest absolute Gasteiger partial charge is 0.253 e. The van der Waals surface area contributed by atoms with E-state index in [0.29, 0.717) is 31.5 Å². The molecule has 3 heterocycles. The predicted octanol–water partition coefficient (Wildman–Crippen LogP) is 6.60. The van der Waals surface area contributed by atoms with E-state index in [1.54, 1.807) is 6.20 Å². The Morgan fingerprint density at radius 2 is 1.69 bits per heavy atom. The quantitative estimate of drug-likeness (QED) is 0.315. The fraction of sp³-hybridized carbons (Fsp3) is 0.207. The van der Waals surface area contributed by atoms with Crippen molar-refractivity contribution >= 4 is 34.5 Å². The van der Waals surface area contributed by atoms with Gasteiger partial charge in [-0.05, 0) is 78.7 Å². The van der Waals surface area contributed by atoms with Crippen molar-refractivity contribution in [1.82, 2.24) is 9.88 Å². The molecule has 1 N–H and O–H groups in total. The van der Waals surface area contributed by atoms with Gasteiger partial charge in [0.05, 0.1) is 4.88 Å². The number of rotatable bonds is 6. The van der Waals surface area contributed by atoms with Crippen molar-refractivity contribution in [2.75, 3.05) is 18.4 Å². The Bertz CT molecular complexity index is 1310. The van der Waals surface area contributed by atoms with Gasteiger partial charge < -0.3 is 10.2 Å². The van der Waals surface area contributed by atoms with Crippen LogP contribution in [0.1, 0.15) is 38.4 Å². The minimum Gasteiger partial charge on any atom is -0.340 e. The van der Waals surface area contributed by atoms with Gasteiger partial charge in [0.2, 0.25) is 0 Å². The lowest BCUT2D eigenvalue weighted by Gasteiger charge is -2.31. The predicted molar refractivity (Wildman–Crippen MR) is 141 cm³/mol. The molecule has 1 saturated heterocycles. The van der Waals surface area contributed by atoms with E-state index < -0.39 is 0 Å². The number of aryl methyl sites for hydroxylation is 1. The van der Waals surface area contributed by atoms with E-state index in [0.717, 1.165) is 27.5 Å². The first-order valence-electron chi connectivity index (χ1n) is 11.8. The fourth-order valence-electron chi connectivity index (χ4n) is 4.42. The summed E-state index contributed by atoms with van der Waals surface area (Å²) in [4.78, 5) is 32.7. The van der Waals surface area contributed by atoms with Gasteiger partial charge in [-0.3, -0.25) is 9.59 Å². The first kappa shape index (κ1) is 23.0. The number of ketones is 1. The summed E-state index contributed by atoms with van der Waals surface area (Å²) in [6.07, 6.45) is 3.22. The van der Waals surface area contributed by atoms with Crippen LogP contribution in [0.15, 0.2) is 84.4 Å². The van der Waals surface area contributed by atoms with E-state index in [9.17, 15) is 9.59 Å². The molecule has 176 valence electrons. The first-order valence-corrected chi connectivity index (χ1v) is 12.7. The van der Waals surface area contributed by atoms with Gasteiger partial charge in [0.25, 0.3) is 5.91 Å². The molecule has 0 saturated carbocycles. The average molecular weight is 482 g/mol. The lowest BCUT2D eigenvalue weighted by atomic mass is 9.91. The molecule has 6 heteroatoms. The fourth-order valence-corrected chi connectivity index (χ4v) is 5.16. The molecule has 0 unspecified atom stereocenters. The van der Waals surface area contributed by atoms with Crippen molar-refractivity contribution in [2.45, 2.75) is 19.8 Å². The molecule has 0 aliphatic carbocycles. The number of amides is 1. The lowest BCUT2D eigenvalue weighted by molar-refractivity contribution is 0.0651. The summed E-state index contributed by atoms with van der Waals surface area (Å²) in [5.41, 5.74) is 4.99. The van der Waals surface area contributed by atoms with Crippen molar-refractivity contribution in [3.05, 3.63) is 100 Å². The van der Waals surface area contributed by atoms with Gasteiger partial charge in [0.15, 0.2) is 5.78 Å². The SMILES string of the molecule is Cc1ccc(-c2ccnc(Nc3ccc(C(=O)N4CCC(C(=O)c5cccs5)CC4)cc3)c2)cc1. The van der Waals surface area contributed by atoms with Crippen LogP contribution in [0, 0.1) is 12.8 Å². The van der Waals surface area contributed by atoms with Gasteiger partial charge in [-0.2, -0.15) is 0 Å². The summed E-state index contributed by atoms with van der Waals surface area (Å²) < 4.78 is 0. The van der Waals surface area contributed by atoms with Crippen LogP contribution >= 0.6 is 11.3 Å². The van der Waals surface area contributed by atoms with Crippen molar-refractivity contribution in [3.63, 3.8) is 0 Å². The van der Waals surface area contributed by atoms with Gasteiger partial charge >= 0.3 is 0 Å². The Labute approximate surface area is 209 Å². The van der Waals surface area contributed by atoms with Crippen molar-refractivity contribution < 1.29 is 9.59 Å². The topological polar surface area (TPSA) is 62.3 Å². The van der Waals surface area contributed by atoms with Crippen LogP contribution in [-0.4, -0.2) is 34.7 Å². The zero-order chi connectivity index (χ0) is 24.2. The third kappa shape index (κ3) is 5.33. The number of carbonyl (C=O) groups excluding carboxylic acids is 2. The number of nitrogens with zero attached hydrogens (tertiary/aromatic N) is 2. The van der Waals surface area contributed by atoms with Gasteiger partial charge in [-0.25, -0.2) is 4.98 Å². The number of carbonyl (C=O) groups is 2. The Kier molecular flexibility index (Phi) is 6.73. The molecule has 4 aromatic rings. The number of benzene rings is 2. The third-order valence-corrected chi connectivity index (χ3v) is 7.35. The number of nitrogens with one attached hydrogen (secondary N) is 1. The summed E-state index contributed by atoms with van der Waals surface area (Å²) >= 11 is 1.49. The minimum atomic E-state index is 0.00690. The molecule has 1 aliphatic rings. The van der Waals surface area contributed by atoms with E-state index in [2.05, 4.69) is 41.5 Å². The van der Waals surface area contributed by atoms with Gasteiger partial charge in [0.1, 0.15) is 5.82 Å². The van der Waals surface area contributed by atoms with E-state index in [1.807, 2.05) is 58.8 Å². The van der Waals surface area contributed by atoms with Gasteiger partial charge in [-0.15, -0.1) is 11.3 Å². The Morgan fingerprint density at radius 1 is 0.943 bits per heavy atom. The van der Waals surface area contributed by atoms with Crippen LogP contribution in [0.2, 0.25) is 0 Å². The number of Topliss-reactive ketones (excluding diaryl/α,β-unsaturated/α-hetero) is 1. The molecule has 1 aliphatic heterocycles. The summed E-state index contributed by atoms with van der Waals surface area (Å²) in [5.74, 6) is 0.979. The first-order chi connectivity index (χ1) is 17.1. The highest BCUT2D eigenvalue weighted by molar-refractivity contribution is 7.12. The number of piperidine rings is 1. The molecular weight excluding hydrogens is 454 g/mol. The Morgan fingerprint density at radius 3 is 2.37 bits per heavy atom. The number of hydrogen-bond acceptors (Lipinski definition) is 5. The Balaban J connectivity index is 1.19. The number of likely N-dealkylation sites (tertiary alicyclic amines) is 1. The van der Waals surface area contributed by atoms with Crippen LogP contribution in [0.5, 0.6) is 0 Å². The average Bonchev–Trinajstić information content (AvgIpc) is 3.44. The number of pyridine rings is 1. The summed E-state index contributed by atoms with van der Waals surface area (Å²) in [5, 5.41) is 5.26. The number of hydrogen-bond donors (Lipinski definition) is 1. The molecule has 2 aromatic heterocycles. The highest BCUT2D eigenvalue weighted by Gasteiger charge is 2.28. The molecule has 1 fully saturated rings. The van der Waals surface area contributed by atoms with Gasteiger partial charge in [-0.1, -0.05) is 35.9 Å². The second-order valence-electron chi connectivity index (χ2n) is 8.91. The molecule has 0 bridgehead atoms. The van der Waals surface area contributed by atoms with Gasteiger partial charge in [0, 0.05) is 36.5 Å². The summed E-state index contributed by atoms with van der Waals surface area (Å²) in [7, 11) is 0. The van der Waals surface area contributed by atoms with Crippen molar-refractivity contribution in [3.8, 4) is 11.1 Å². The highest BCUT2D eigenvalue weighted by atomic mass is 32.1. The van der Waals surface area contributed by atoms with Crippen LogP contribution in [0.4, 0.5) is 11.5 Å². The van der Waals surface area contributed by atoms with Crippen LogP contribution in [0.25, 0.3) is 11.1 Å². The maximum atomic E-state index is 13.0. The number of aromatic nitrogens is 1. The summed E-state index contributed by atoms with van der Waals surface area (Å²) in [6, 6.07) is 23.7. The monoisotopic (exact) mass is 481 g/mol. The van der Waals surface area contributed by atoms with Crippen LogP contribution in [0.3, 0.4) is 0 Å². The Hall–Kier alpha value is -3.77. The molecule has 5 nitrogen and oxygen atoms in total. The zero-order valence-corrected chi connectivity index (χ0v) is 20.4. The normalized spacial score (nSPS) is 14.0. The van der Waals surface area contributed by atoms with Crippen molar-refractivity contribution in [2.24, 2.45) is 5.92 Å². The third-order valence-electron chi connectivity index (χ3n) is 6.47. The van der Waals surface area contributed by atoms with Crippen LogP contribution in [-0.2, 0) is 0 Å².